The molecule has 2 N–H and O–H groups in total. The summed E-state index contributed by atoms with van der Waals surface area (Å²) < 4.78 is 0. The maximum absolute atomic E-state index is 12.2. The van der Waals surface area contributed by atoms with Crippen molar-refractivity contribution >= 4 is 23.2 Å². The fourth-order valence-electron chi connectivity index (χ4n) is 1.60. The summed E-state index contributed by atoms with van der Waals surface area (Å²) >= 11 is 6.03. The van der Waals surface area contributed by atoms with Crippen LogP contribution < -0.4 is 5.73 Å². The molecule has 0 aliphatic heterocycles. The fraction of sp³-hybridized carbons (Fsp3) is 0.462. The van der Waals surface area contributed by atoms with E-state index in [2.05, 4.69) is 13.8 Å². The number of rotatable bonds is 4. The summed E-state index contributed by atoms with van der Waals surface area (Å²) in [5, 5.41) is 0.341. The molecule has 17 heavy (non-hydrogen) atoms. The van der Waals surface area contributed by atoms with Gasteiger partial charge in [0.1, 0.15) is 0 Å². The quantitative estimate of drug-likeness (QED) is 0.840. The second-order valence-electron chi connectivity index (χ2n) is 4.41. The van der Waals surface area contributed by atoms with Crippen molar-refractivity contribution in [2.75, 3.05) is 19.3 Å². The summed E-state index contributed by atoms with van der Waals surface area (Å²) in [5.41, 5.74) is 6.59. The minimum Gasteiger partial charge on any atom is -0.398 e. The van der Waals surface area contributed by atoms with Gasteiger partial charge in [-0.1, -0.05) is 37.9 Å². The Morgan fingerprint density at radius 2 is 2.18 bits per heavy atom. The van der Waals surface area contributed by atoms with Crippen molar-refractivity contribution < 1.29 is 4.79 Å². The molecule has 0 aliphatic carbocycles. The van der Waals surface area contributed by atoms with Crippen molar-refractivity contribution in [3.05, 3.63) is 28.8 Å². The van der Waals surface area contributed by atoms with Gasteiger partial charge in [-0.3, -0.25) is 4.79 Å². The van der Waals surface area contributed by atoms with Crippen molar-refractivity contribution in [1.29, 1.82) is 0 Å². The van der Waals surface area contributed by atoms with E-state index in [4.69, 9.17) is 17.3 Å². The fourth-order valence-corrected chi connectivity index (χ4v) is 1.81. The number of carbonyl (C=O) groups excluding carboxylic acids is 1. The molecule has 0 aliphatic rings. The topological polar surface area (TPSA) is 46.3 Å². The van der Waals surface area contributed by atoms with Gasteiger partial charge >= 0.3 is 0 Å². The molecule has 0 spiro atoms. The van der Waals surface area contributed by atoms with Gasteiger partial charge in [-0.15, -0.1) is 0 Å². The maximum atomic E-state index is 12.2. The Hall–Kier alpha value is -1.22. The zero-order valence-electron chi connectivity index (χ0n) is 10.5. The van der Waals surface area contributed by atoms with Crippen LogP contribution in [0.15, 0.2) is 18.2 Å². The number of anilines is 1. The lowest BCUT2D eigenvalue weighted by atomic mass is 10.1. The first-order valence-corrected chi connectivity index (χ1v) is 6.14. The summed E-state index contributed by atoms with van der Waals surface area (Å²) in [6.07, 6.45) is 1.04. The van der Waals surface area contributed by atoms with Crippen molar-refractivity contribution in [1.82, 2.24) is 4.90 Å². The van der Waals surface area contributed by atoms with Gasteiger partial charge in [-0.25, -0.2) is 0 Å². The minimum atomic E-state index is -0.0809. The summed E-state index contributed by atoms with van der Waals surface area (Å²) in [6, 6.07) is 5.13. The Kier molecular flexibility index (Phi) is 4.82. The van der Waals surface area contributed by atoms with Gasteiger partial charge in [0.15, 0.2) is 0 Å². The van der Waals surface area contributed by atoms with Crippen LogP contribution in [0.2, 0.25) is 5.02 Å². The van der Waals surface area contributed by atoms with Crippen LogP contribution in [0.4, 0.5) is 5.69 Å². The number of benzene rings is 1. The standard InChI is InChI=1S/C13H19ClN2O/c1-4-9(2)8-16(3)13(17)10-6-5-7-11(15)12(10)14/h5-7,9H,4,8,15H2,1-3H3. The molecule has 0 bridgehead atoms. The number of hydrogen-bond acceptors (Lipinski definition) is 2. The molecular weight excluding hydrogens is 236 g/mol. The van der Waals surface area contributed by atoms with Crippen molar-refractivity contribution in [2.24, 2.45) is 5.92 Å². The summed E-state index contributed by atoms with van der Waals surface area (Å²) in [4.78, 5) is 13.8. The Morgan fingerprint density at radius 1 is 1.53 bits per heavy atom. The van der Waals surface area contributed by atoms with Crippen LogP contribution in [-0.2, 0) is 0 Å². The molecule has 0 saturated heterocycles. The average molecular weight is 255 g/mol. The first-order valence-electron chi connectivity index (χ1n) is 5.76. The Labute approximate surface area is 108 Å². The van der Waals surface area contributed by atoms with Crippen LogP contribution in [0.1, 0.15) is 30.6 Å². The number of halogens is 1. The third-order valence-electron chi connectivity index (χ3n) is 2.89. The molecule has 94 valence electrons. The normalized spacial score (nSPS) is 12.2. The highest BCUT2D eigenvalue weighted by Gasteiger charge is 2.17. The van der Waals surface area contributed by atoms with Crippen LogP contribution in [0, 0.1) is 5.92 Å². The Balaban J connectivity index is 2.85. The second kappa shape index (κ2) is 5.92. The zero-order chi connectivity index (χ0) is 13.0. The van der Waals surface area contributed by atoms with E-state index in [0.29, 0.717) is 22.2 Å². The molecular formula is C13H19ClN2O. The SMILES string of the molecule is CCC(C)CN(C)C(=O)c1cccc(N)c1Cl. The van der Waals surface area contributed by atoms with E-state index in [1.807, 2.05) is 0 Å². The first kappa shape index (κ1) is 13.8. The van der Waals surface area contributed by atoms with Crippen LogP contribution in [0.5, 0.6) is 0 Å². The third-order valence-corrected chi connectivity index (χ3v) is 3.31. The average Bonchev–Trinajstić information content (AvgIpc) is 2.31. The number of nitrogens with zero attached hydrogens (tertiary/aromatic N) is 1. The number of carbonyl (C=O) groups is 1. The summed E-state index contributed by atoms with van der Waals surface area (Å²) in [6.45, 7) is 4.95. The molecule has 1 aromatic rings. The molecule has 0 aromatic heterocycles. The molecule has 0 radical (unpaired) electrons. The third kappa shape index (κ3) is 3.37. The van der Waals surface area contributed by atoms with Crippen LogP contribution in [0.3, 0.4) is 0 Å². The van der Waals surface area contributed by atoms with Gasteiger partial charge in [-0.2, -0.15) is 0 Å². The number of nitrogen functional groups attached to an aromatic ring is 1. The van der Waals surface area contributed by atoms with Crippen molar-refractivity contribution in [3.63, 3.8) is 0 Å². The molecule has 0 fully saturated rings. The van der Waals surface area contributed by atoms with E-state index in [9.17, 15) is 4.79 Å². The molecule has 1 aromatic carbocycles. The van der Waals surface area contributed by atoms with Gasteiger partial charge in [0.05, 0.1) is 16.3 Å². The predicted molar refractivity (Wildman–Crippen MR) is 72.3 cm³/mol. The predicted octanol–water partition coefficient (Wildman–Crippen LogP) is 3.04. The minimum absolute atomic E-state index is 0.0809. The lowest BCUT2D eigenvalue weighted by molar-refractivity contribution is 0.0775. The molecule has 3 nitrogen and oxygen atoms in total. The molecule has 1 rings (SSSR count). The van der Waals surface area contributed by atoms with Crippen molar-refractivity contribution in [3.8, 4) is 0 Å². The number of amides is 1. The smallest absolute Gasteiger partial charge is 0.255 e. The van der Waals surface area contributed by atoms with E-state index in [1.54, 1.807) is 30.1 Å². The monoisotopic (exact) mass is 254 g/mol. The number of hydrogen-bond donors (Lipinski definition) is 1. The van der Waals surface area contributed by atoms with Crippen LogP contribution >= 0.6 is 11.6 Å². The van der Waals surface area contributed by atoms with E-state index in [-0.39, 0.29) is 5.91 Å². The van der Waals surface area contributed by atoms with E-state index in [1.165, 1.54) is 0 Å². The molecule has 0 heterocycles. The second-order valence-corrected chi connectivity index (χ2v) is 4.79. The molecule has 0 saturated carbocycles. The van der Waals surface area contributed by atoms with Crippen molar-refractivity contribution in [2.45, 2.75) is 20.3 Å². The van der Waals surface area contributed by atoms with Gasteiger partial charge in [0.2, 0.25) is 0 Å². The highest BCUT2D eigenvalue weighted by atomic mass is 35.5. The highest BCUT2D eigenvalue weighted by molar-refractivity contribution is 6.36. The largest absolute Gasteiger partial charge is 0.398 e. The zero-order valence-corrected chi connectivity index (χ0v) is 11.3. The summed E-state index contributed by atoms with van der Waals surface area (Å²) in [7, 11) is 1.79. The Morgan fingerprint density at radius 3 is 2.76 bits per heavy atom. The van der Waals surface area contributed by atoms with Crippen LogP contribution in [0.25, 0.3) is 0 Å². The molecule has 1 atom stereocenters. The molecule has 4 heteroatoms. The lowest BCUT2D eigenvalue weighted by Crippen LogP contribution is -2.31. The van der Waals surface area contributed by atoms with E-state index in [0.717, 1.165) is 13.0 Å². The van der Waals surface area contributed by atoms with Gasteiger partial charge in [0.25, 0.3) is 5.91 Å². The Bertz CT molecular complexity index is 406. The van der Waals surface area contributed by atoms with Gasteiger partial charge < -0.3 is 10.6 Å². The van der Waals surface area contributed by atoms with Crippen LogP contribution in [-0.4, -0.2) is 24.4 Å². The first-order chi connectivity index (χ1) is 7.97. The highest BCUT2D eigenvalue weighted by Crippen LogP contribution is 2.24. The lowest BCUT2D eigenvalue weighted by Gasteiger charge is -2.21. The van der Waals surface area contributed by atoms with Gasteiger partial charge in [-0.05, 0) is 18.1 Å². The van der Waals surface area contributed by atoms with Gasteiger partial charge in [0, 0.05) is 13.6 Å². The maximum Gasteiger partial charge on any atom is 0.255 e. The number of nitrogens with two attached hydrogens (primary N) is 1. The van der Waals surface area contributed by atoms with E-state index >= 15 is 0 Å². The summed E-state index contributed by atoms with van der Waals surface area (Å²) in [5.74, 6) is 0.395. The molecule has 1 amide bonds. The van der Waals surface area contributed by atoms with E-state index < -0.39 is 0 Å². The molecule has 1 unspecified atom stereocenters.